The zero-order valence-corrected chi connectivity index (χ0v) is 18.0. The van der Waals surface area contributed by atoms with Crippen molar-refractivity contribution >= 4 is 36.7 Å². The van der Waals surface area contributed by atoms with E-state index in [1.807, 2.05) is 36.4 Å². The van der Waals surface area contributed by atoms with Gasteiger partial charge in [-0.15, -0.1) is 0 Å². The molecule has 0 aliphatic carbocycles. The molecular formula is C21H23BrN2O3S. The summed E-state index contributed by atoms with van der Waals surface area (Å²) in [5, 5.41) is 5.22. The molecule has 1 atom stereocenters. The van der Waals surface area contributed by atoms with Crippen LogP contribution in [0.25, 0.3) is 10.8 Å². The highest BCUT2D eigenvalue weighted by atomic mass is 79.9. The standard InChI is InChI=1S/C21H23BrN2O3S/c1-14(21-18-6-3-2-5-16(18)13-27-21)24-28(25,26)19-8-4-7-17(20(19)22)15-9-11-23-12-10-15/h2-8,13-15,23-24H,9-12H2,1H3. The van der Waals surface area contributed by atoms with Crippen LogP contribution in [0.2, 0.25) is 0 Å². The van der Waals surface area contributed by atoms with Crippen molar-refractivity contribution in [2.24, 2.45) is 0 Å². The Morgan fingerprint density at radius 3 is 2.68 bits per heavy atom. The highest BCUT2D eigenvalue weighted by Gasteiger charge is 2.27. The summed E-state index contributed by atoms with van der Waals surface area (Å²) in [6.07, 6.45) is 3.66. The fourth-order valence-electron chi connectivity index (χ4n) is 3.88. The molecule has 2 heterocycles. The number of fused-ring (bicyclic) bond motifs is 1. The van der Waals surface area contributed by atoms with E-state index in [1.165, 1.54) is 0 Å². The highest BCUT2D eigenvalue weighted by molar-refractivity contribution is 9.10. The first kappa shape index (κ1) is 19.6. The first-order chi connectivity index (χ1) is 13.5. The number of furan rings is 1. The summed E-state index contributed by atoms with van der Waals surface area (Å²) in [7, 11) is -3.72. The van der Waals surface area contributed by atoms with Crippen molar-refractivity contribution in [2.45, 2.75) is 36.6 Å². The predicted octanol–water partition coefficient (Wildman–Crippen LogP) is 4.70. The van der Waals surface area contributed by atoms with Crippen molar-refractivity contribution in [2.75, 3.05) is 13.1 Å². The molecule has 1 fully saturated rings. The number of nitrogens with one attached hydrogen (secondary N) is 2. The van der Waals surface area contributed by atoms with Crippen LogP contribution in [0.15, 0.2) is 62.5 Å². The Morgan fingerprint density at radius 1 is 1.14 bits per heavy atom. The first-order valence-electron chi connectivity index (χ1n) is 9.45. The third-order valence-electron chi connectivity index (χ3n) is 5.33. The molecule has 5 nitrogen and oxygen atoms in total. The van der Waals surface area contributed by atoms with Crippen molar-refractivity contribution in [3.05, 3.63) is 64.5 Å². The molecule has 1 aliphatic rings. The quantitative estimate of drug-likeness (QED) is 0.576. The van der Waals surface area contributed by atoms with Crippen LogP contribution >= 0.6 is 15.9 Å². The number of sulfonamides is 1. The topological polar surface area (TPSA) is 71.3 Å². The van der Waals surface area contributed by atoms with Crippen LogP contribution in [0.4, 0.5) is 0 Å². The fraction of sp³-hybridized carbons (Fsp3) is 0.333. The van der Waals surface area contributed by atoms with E-state index in [4.69, 9.17) is 4.42 Å². The highest BCUT2D eigenvalue weighted by Crippen LogP contribution is 2.36. The van der Waals surface area contributed by atoms with Gasteiger partial charge in [-0.1, -0.05) is 36.4 Å². The van der Waals surface area contributed by atoms with Crippen molar-refractivity contribution < 1.29 is 12.8 Å². The van der Waals surface area contributed by atoms with Gasteiger partial charge in [0.15, 0.2) is 0 Å². The van der Waals surface area contributed by atoms with Gasteiger partial charge in [-0.2, -0.15) is 0 Å². The second-order valence-electron chi connectivity index (χ2n) is 7.21. The van der Waals surface area contributed by atoms with E-state index in [0.29, 0.717) is 16.2 Å². The van der Waals surface area contributed by atoms with Crippen LogP contribution < -0.4 is 10.0 Å². The molecule has 0 bridgehead atoms. The predicted molar refractivity (Wildman–Crippen MR) is 114 cm³/mol. The van der Waals surface area contributed by atoms with Gasteiger partial charge in [0, 0.05) is 15.2 Å². The molecule has 0 spiro atoms. The van der Waals surface area contributed by atoms with Crippen molar-refractivity contribution in [1.82, 2.24) is 10.0 Å². The summed E-state index contributed by atoms with van der Waals surface area (Å²) in [6.45, 7) is 3.71. The fourth-order valence-corrected chi connectivity index (χ4v) is 6.42. The number of piperidine rings is 1. The van der Waals surface area contributed by atoms with Crippen molar-refractivity contribution in [3.8, 4) is 0 Å². The van der Waals surface area contributed by atoms with Crippen LogP contribution in [0.3, 0.4) is 0 Å². The Bertz CT molecular complexity index is 1090. The molecule has 1 aromatic heterocycles. The maximum atomic E-state index is 13.1. The largest absolute Gasteiger partial charge is 0.466 e. The van der Waals surface area contributed by atoms with Gasteiger partial charge in [0.2, 0.25) is 10.0 Å². The Morgan fingerprint density at radius 2 is 1.89 bits per heavy atom. The van der Waals surface area contributed by atoms with E-state index in [9.17, 15) is 8.42 Å². The number of hydrogen-bond acceptors (Lipinski definition) is 4. The second kappa shape index (κ2) is 7.99. The first-order valence-corrected chi connectivity index (χ1v) is 11.7. The zero-order valence-electron chi connectivity index (χ0n) is 15.6. The van der Waals surface area contributed by atoms with Crippen LogP contribution in [0.5, 0.6) is 0 Å². The van der Waals surface area contributed by atoms with E-state index in [2.05, 4.69) is 26.0 Å². The number of hydrogen-bond donors (Lipinski definition) is 2. The lowest BCUT2D eigenvalue weighted by Crippen LogP contribution is -2.28. The molecule has 3 aromatic rings. The molecule has 2 aromatic carbocycles. The molecule has 7 heteroatoms. The van der Waals surface area contributed by atoms with Gasteiger partial charge in [0.25, 0.3) is 0 Å². The molecule has 1 aliphatic heterocycles. The molecular weight excluding hydrogens is 440 g/mol. The summed E-state index contributed by atoms with van der Waals surface area (Å²) in [4.78, 5) is 0.270. The summed E-state index contributed by atoms with van der Waals surface area (Å²) in [5.74, 6) is 0.974. The van der Waals surface area contributed by atoms with Crippen molar-refractivity contribution in [1.29, 1.82) is 0 Å². The Kier molecular flexibility index (Phi) is 5.60. The number of benzene rings is 2. The average Bonchev–Trinajstić information content (AvgIpc) is 3.13. The summed E-state index contributed by atoms with van der Waals surface area (Å²) in [6, 6.07) is 12.7. The minimum Gasteiger partial charge on any atom is -0.466 e. The van der Waals surface area contributed by atoms with Gasteiger partial charge >= 0.3 is 0 Å². The molecule has 0 amide bonds. The number of rotatable bonds is 5. The van der Waals surface area contributed by atoms with Gasteiger partial charge < -0.3 is 9.73 Å². The van der Waals surface area contributed by atoms with Gasteiger partial charge in [-0.3, -0.25) is 0 Å². The zero-order chi connectivity index (χ0) is 19.7. The molecule has 1 saturated heterocycles. The van der Waals surface area contributed by atoms with E-state index in [-0.39, 0.29) is 4.90 Å². The van der Waals surface area contributed by atoms with Crippen LogP contribution in [0, 0.1) is 0 Å². The van der Waals surface area contributed by atoms with E-state index in [0.717, 1.165) is 42.3 Å². The third kappa shape index (κ3) is 3.76. The molecule has 28 heavy (non-hydrogen) atoms. The minimum absolute atomic E-state index is 0.270. The summed E-state index contributed by atoms with van der Waals surface area (Å²) >= 11 is 3.57. The van der Waals surface area contributed by atoms with Gasteiger partial charge in [0.05, 0.1) is 17.2 Å². The van der Waals surface area contributed by atoms with Gasteiger partial charge in [-0.25, -0.2) is 13.1 Å². The lowest BCUT2D eigenvalue weighted by molar-refractivity contribution is 0.457. The Hall–Kier alpha value is -1.67. The van der Waals surface area contributed by atoms with E-state index < -0.39 is 16.1 Å². The molecule has 0 saturated carbocycles. The Labute approximate surface area is 173 Å². The smallest absolute Gasteiger partial charge is 0.242 e. The summed E-state index contributed by atoms with van der Waals surface area (Å²) in [5.41, 5.74) is 1.06. The van der Waals surface area contributed by atoms with E-state index in [1.54, 1.807) is 19.3 Å². The van der Waals surface area contributed by atoms with Crippen molar-refractivity contribution in [3.63, 3.8) is 0 Å². The van der Waals surface area contributed by atoms with Crippen LogP contribution in [-0.2, 0) is 10.0 Å². The SMILES string of the molecule is CC(NS(=O)(=O)c1cccc(C2CCNCC2)c1Br)c1occ2ccccc12. The van der Waals surface area contributed by atoms with Gasteiger partial charge in [0.1, 0.15) is 5.76 Å². The molecule has 148 valence electrons. The molecule has 4 rings (SSSR count). The Balaban J connectivity index is 1.63. The van der Waals surface area contributed by atoms with E-state index >= 15 is 0 Å². The normalized spacial score (nSPS) is 17.1. The number of halogens is 1. The van der Waals surface area contributed by atoms with Gasteiger partial charge in [-0.05, 0) is 66.3 Å². The van der Waals surface area contributed by atoms with Crippen LogP contribution in [0.1, 0.15) is 43.0 Å². The summed E-state index contributed by atoms with van der Waals surface area (Å²) < 4.78 is 35.4. The molecule has 0 radical (unpaired) electrons. The monoisotopic (exact) mass is 462 g/mol. The minimum atomic E-state index is -3.72. The maximum Gasteiger partial charge on any atom is 0.242 e. The maximum absolute atomic E-state index is 13.1. The second-order valence-corrected chi connectivity index (χ2v) is 9.69. The van der Waals surface area contributed by atoms with Crippen LogP contribution in [-0.4, -0.2) is 21.5 Å². The molecule has 1 unspecified atom stereocenters. The lowest BCUT2D eigenvalue weighted by atomic mass is 9.90. The third-order valence-corrected chi connectivity index (χ3v) is 8.06. The average molecular weight is 463 g/mol. The lowest BCUT2D eigenvalue weighted by Gasteiger charge is -2.25. The molecule has 2 N–H and O–H groups in total.